The van der Waals surface area contributed by atoms with Crippen LogP contribution < -0.4 is 5.73 Å². The van der Waals surface area contributed by atoms with Crippen molar-refractivity contribution in [2.75, 3.05) is 7.05 Å². The fourth-order valence-electron chi connectivity index (χ4n) is 12.5. The first-order chi connectivity index (χ1) is 31.1. The Morgan fingerprint density at radius 3 is 1.89 bits per heavy atom. The number of likely N-dealkylation sites (tertiary alicyclic amines) is 1. The van der Waals surface area contributed by atoms with Crippen molar-refractivity contribution in [3.63, 3.8) is 0 Å². The van der Waals surface area contributed by atoms with E-state index in [2.05, 4.69) is 223 Å². The van der Waals surface area contributed by atoms with Crippen LogP contribution in [0.25, 0.3) is 71.7 Å². The molecule has 2 unspecified atom stereocenters. The van der Waals surface area contributed by atoms with Crippen molar-refractivity contribution in [1.29, 1.82) is 0 Å². The minimum absolute atomic E-state index is 0.0251. The van der Waals surface area contributed by atoms with Gasteiger partial charge in [0, 0.05) is 16.2 Å². The maximum absolute atomic E-state index is 7.71. The van der Waals surface area contributed by atoms with Gasteiger partial charge in [0.1, 0.15) is 11.2 Å². The zero-order chi connectivity index (χ0) is 41.6. The summed E-state index contributed by atoms with van der Waals surface area (Å²) in [5, 5.41) is 4.59. The molecule has 14 rings (SSSR count). The molecule has 2 aliphatic heterocycles. The zero-order valence-electron chi connectivity index (χ0n) is 34.7. The molecule has 0 radical (unpaired) electrons. The van der Waals surface area contributed by atoms with Crippen molar-refractivity contribution in [2.45, 2.75) is 23.0 Å². The van der Waals surface area contributed by atoms with E-state index >= 15 is 0 Å². The van der Waals surface area contributed by atoms with Crippen molar-refractivity contribution < 1.29 is 4.42 Å². The molecule has 1 spiro atoms. The zero-order valence-corrected chi connectivity index (χ0v) is 34.7. The number of para-hydroxylation sites is 2. The van der Waals surface area contributed by atoms with E-state index in [0.29, 0.717) is 0 Å². The van der Waals surface area contributed by atoms with Crippen LogP contribution in [0.5, 0.6) is 0 Å². The Bertz CT molecular complexity index is 3650. The summed E-state index contributed by atoms with van der Waals surface area (Å²) < 4.78 is 9.52. The summed E-state index contributed by atoms with van der Waals surface area (Å²) in [5.41, 5.74) is 25.6. The van der Waals surface area contributed by atoms with Gasteiger partial charge in [-0.2, -0.15) is 0 Å². The molecule has 1 saturated heterocycles. The third-order valence-electron chi connectivity index (χ3n) is 14.9. The quantitative estimate of drug-likeness (QED) is 0.193. The lowest BCUT2D eigenvalue weighted by Gasteiger charge is -2.61. The van der Waals surface area contributed by atoms with Gasteiger partial charge < -0.3 is 14.7 Å². The van der Waals surface area contributed by atoms with Crippen LogP contribution in [-0.2, 0) is 11.0 Å². The predicted octanol–water partition coefficient (Wildman–Crippen LogP) is 13.6. The topological polar surface area (TPSA) is 47.3 Å². The SMILES string of the molecule is CN1C(c2ccccc2)C(N)(c2ccccc2)[C@@H]1c1cccc(-c2ccc3c(c2)c2c4oc5ccccc5c4cc4c2n3-c2ccccc2C42c3ccccc3-c3ccccc32)c1. The fourth-order valence-corrected chi connectivity index (χ4v) is 12.5. The van der Waals surface area contributed by atoms with E-state index in [-0.39, 0.29) is 12.1 Å². The van der Waals surface area contributed by atoms with E-state index in [4.69, 9.17) is 10.2 Å². The molecule has 2 aromatic heterocycles. The van der Waals surface area contributed by atoms with Gasteiger partial charge >= 0.3 is 0 Å². The molecule has 1 fully saturated rings. The third kappa shape index (κ3) is 4.37. The number of likely N-dealkylation sites (N-methyl/N-ethyl adjacent to an activating group) is 1. The van der Waals surface area contributed by atoms with Gasteiger partial charge in [0.25, 0.3) is 0 Å². The highest BCUT2D eigenvalue weighted by Crippen LogP contribution is 2.63. The monoisotopic (exact) mass is 807 g/mol. The van der Waals surface area contributed by atoms with Crippen molar-refractivity contribution in [3.8, 4) is 27.9 Å². The molecule has 11 aromatic rings. The summed E-state index contributed by atoms with van der Waals surface area (Å²) >= 11 is 0. The lowest BCUT2D eigenvalue weighted by atomic mass is 9.64. The second-order valence-electron chi connectivity index (χ2n) is 17.9. The number of nitrogens with two attached hydrogens (primary N) is 1. The molecule has 1 aliphatic carbocycles. The highest BCUT2D eigenvalue weighted by Gasteiger charge is 2.59. The van der Waals surface area contributed by atoms with Gasteiger partial charge in [0.15, 0.2) is 0 Å². The summed E-state index contributed by atoms with van der Waals surface area (Å²) in [6, 6.07) is 75.6. The van der Waals surface area contributed by atoms with Crippen LogP contribution in [0.15, 0.2) is 211 Å². The molecular formula is C59H41N3O. The number of rotatable bonds is 4. The molecule has 4 nitrogen and oxygen atoms in total. The van der Waals surface area contributed by atoms with Gasteiger partial charge in [-0.25, -0.2) is 0 Å². The number of nitrogens with zero attached hydrogens (tertiary/aromatic N) is 2. The number of hydrogen-bond acceptors (Lipinski definition) is 3. The summed E-state index contributed by atoms with van der Waals surface area (Å²) in [5.74, 6) is 0. The Hall–Kier alpha value is -7.50. The molecule has 63 heavy (non-hydrogen) atoms. The van der Waals surface area contributed by atoms with Crippen molar-refractivity contribution in [2.24, 2.45) is 5.73 Å². The molecule has 298 valence electrons. The Morgan fingerprint density at radius 2 is 1.11 bits per heavy atom. The van der Waals surface area contributed by atoms with Crippen LogP contribution in [-0.4, -0.2) is 16.5 Å². The largest absolute Gasteiger partial charge is 0.455 e. The van der Waals surface area contributed by atoms with Gasteiger partial charge in [-0.3, -0.25) is 4.90 Å². The van der Waals surface area contributed by atoms with Crippen LogP contribution >= 0.6 is 0 Å². The number of hydrogen-bond donors (Lipinski definition) is 1. The van der Waals surface area contributed by atoms with E-state index in [1.807, 2.05) is 0 Å². The van der Waals surface area contributed by atoms with E-state index in [1.165, 1.54) is 61.1 Å². The lowest BCUT2D eigenvalue weighted by Crippen LogP contribution is -2.66. The average Bonchev–Trinajstić information content (AvgIpc) is 3.98. The molecule has 3 atom stereocenters. The number of furan rings is 1. The fraction of sp³-hybridized carbons (Fsp3) is 0.0847. The Kier molecular flexibility index (Phi) is 7.00. The maximum Gasteiger partial charge on any atom is 0.145 e. The van der Waals surface area contributed by atoms with Gasteiger partial charge in [-0.1, -0.05) is 170 Å². The van der Waals surface area contributed by atoms with Crippen LogP contribution in [0.3, 0.4) is 0 Å². The lowest BCUT2D eigenvalue weighted by molar-refractivity contribution is -0.0694. The molecule has 9 aromatic carbocycles. The highest BCUT2D eigenvalue weighted by atomic mass is 16.3. The van der Waals surface area contributed by atoms with E-state index in [0.717, 1.165) is 49.5 Å². The average molecular weight is 808 g/mol. The minimum atomic E-state index is -0.632. The molecule has 4 heterocycles. The molecular weight excluding hydrogens is 767 g/mol. The first kappa shape index (κ1) is 35.1. The van der Waals surface area contributed by atoms with Gasteiger partial charge in [-0.15, -0.1) is 0 Å². The summed E-state index contributed by atoms with van der Waals surface area (Å²) in [7, 11) is 2.22. The second-order valence-corrected chi connectivity index (χ2v) is 17.9. The van der Waals surface area contributed by atoms with Crippen LogP contribution in [0.4, 0.5) is 0 Å². The van der Waals surface area contributed by atoms with Gasteiger partial charge in [-0.05, 0) is 105 Å². The number of fused-ring (bicyclic) bond motifs is 16. The molecule has 3 aliphatic rings. The van der Waals surface area contributed by atoms with Crippen LogP contribution in [0.2, 0.25) is 0 Å². The molecule has 0 saturated carbocycles. The Morgan fingerprint density at radius 1 is 0.492 bits per heavy atom. The smallest absolute Gasteiger partial charge is 0.145 e. The van der Waals surface area contributed by atoms with Crippen molar-refractivity contribution in [1.82, 2.24) is 9.47 Å². The van der Waals surface area contributed by atoms with Crippen LogP contribution in [0.1, 0.15) is 51.0 Å². The van der Waals surface area contributed by atoms with Crippen molar-refractivity contribution in [3.05, 3.63) is 245 Å². The minimum Gasteiger partial charge on any atom is -0.455 e. The van der Waals surface area contributed by atoms with Crippen LogP contribution in [0, 0.1) is 0 Å². The van der Waals surface area contributed by atoms with Gasteiger partial charge in [0.2, 0.25) is 0 Å². The predicted molar refractivity (Wildman–Crippen MR) is 256 cm³/mol. The summed E-state index contributed by atoms with van der Waals surface area (Å²) in [6.07, 6.45) is 0. The highest BCUT2D eigenvalue weighted by molar-refractivity contribution is 6.26. The summed E-state index contributed by atoms with van der Waals surface area (Å²) in [6.45, 7) is 0. The maximum atomic E-state index is 7.71. The Balaban J connectivity index is 1.03. The van der Waals surface area contributed by atoms with Crippen molar-refractivity contribution >= 4 is 43.7 Å². The second kappa shape index (κ2) is 12.5. The van der Waals surface area contributed by atoms with E-state index in [1.54, 1.807) is 0 Å². The first-order valence-corrected chi connectivity index (χ1v) is 22.0. The normalized spacial score (nSPS) is 19.4. The summed E-state index contributed by atoms with van der Waals surface area (Å²) in [4.78, 5) is 2.44. The molecule has 0 bridgehead atoms. The molecule has 0 amide bonds. The van der Waals surface area contributed by atoms with E-state index in [9.17, 15) is 0 Å². The van der Waals surface area contributed by atoms with Gasteiger partial charge in [0.05, 0.1) is 45.1 Å². The first-order valence-electron chi connectivity index (χ1n) is 22.0. The Labute approximate surface area is 365 Å². The molecule has 2 N–H and O–H groups in total. The number of aromatic nitrogens is 1. The van der Waals surface area contributed by atoms with E-state index < -0.39 is 11.0 Å². The standard InChI is InChI=1S/C59H41N3O/c1-61-56(36-17-4-2-5-18-36)59(60,40-21-6-3-7-22-40)57(61)39-20-16-19-37(33-39)38-31-32-50-45(34-38)53-54-49(35-44-43-25-10-15-30-52(43)63-55(44)53)58(48-28-13-14-29-51(48)62(50)54)46-26-11-8-23-41(46)42-24-9-12-27-47(42)58/h2-35,56-57H,60H2,1H3/t56?,57-,59?/m0/s1. The molecule has 4 heteroatoms. The number of benzene rings is 9. The third-order valence-corrected chi connectivity index (χ3v) is 14.9.